The van der Waals surface area contributed by atoms with Crippen molar-refractivity contribution in [3.8, 4) is 0 Å². The smallest absolute Gasteiger partial charge is 0.374 e. The first-order valence-electron chi connectivity index (χ1n) is 4.86. The molecule has 1 aromatic rings. The number of nitro groups is 1. The van der Waals surface area contributed by atoms with Crippen molar-refractivity contribution >= 4 is 11.7 Å². The number of hydrogen-bond acceptors (Lipinski definition) is 5. The van der Waals surface area contributed by atoms with Crippen LogP contribution in [0.15, 0.2) is 35.6 Å². The van der Waals surface area contributed by atoms with Gasteiger partial charge in [-0.25, -0.2) is 4.79 Å². The highest BCUT2D eigenvalue weighted by atomic mass is 16.6. The Labute approximate surface area is 96.3 Å². The molecular weight excluding hydrogens is 226 g/mol. The van der Waals surface area contributed by atoms with Crippen LogP contribution >= 0.6 is 0 Å². The van der Waals surface area contributed by atoms with Crippen LogP contribution in [0.25, 0.3) is 0 Å². The Morgan fingerprint density at radius 1 is 1.35 bits per heavy atom. The van der Waals surface area contributed by atoms with Crippen molar-refractivity contribution in [3.05, 3.63) is 51.3 Å². The monoisotopic (exact) mass is 235 g/mol. The largest absolute Gasteiger partial charge is 0.502 e. The normalized spacial score (nSPS) is 19.4. The SMILES string of the molecule is CC1=C(O)C(=O)O[C@H]1c1ccc([N+](=O)[O-])cc1. The van der Waals surface area contributed by atoms with E-state index in [-0.39, 0.29) is 5.69 Å². The Hall–Kier alpha value is -2.37. The predicted octanol–water partition coefficient (Wildman–Crippen LogP) is 2.02. The summed E-state index contributed by atoms with van der Waals surface area (Å²) in [6.07, 6.45) is -0.664. The Bertz CT molecular complexity index is 517. The fourth-order valence-corrected chi connectivity index (χ4v) is 1.63. The molecule has 1 N–H and O–H groups in total. The number of nitro benzene ring substituents is 1. The summed E-state index contributed by atoms with van der Waals surface area (Å²) in [5.74, 6) is -1.17. The van der Waals surface area contributed by atoms with E-state index in [1.54, 1.807) is 6.92 Å². The lowest BCUT2D eigenvalue weighted by Gasteiger charge is -2.10. The van der Waals surface area contributed by atoms with E-state index in [0.717, 1.165) is 0 Å². The zero-order valence-electron chi connectivity index (χ0n) is 8.91. The van der Waals surface area contributed by atoms with Gasteiger partial charge in [0.2, 0.25) is 5.76 Å². The number of esters is 1. The quantitative estimate of drug-likeness (QED) is 0.481. The molecule has 0 spiro atoms. The Morgan fingerprint density at radius 3 is 2.35 bits per heavy atom. The van der Waals surface area contributed by atoms with Gasteiger partial charge in [-0.15, -0.1) is 0 Å². The number of aliphatic hydroxyl groups excluding tert-OH is 1. The number of ether oxygens (including phenoxy) is 1. The van der Waals surface area contributed by atoms with Crippen LogP contribution in [-0.4, -0.2) is 16.0 Å². The number of non-ortho nitro benzene ring substituents is 1. The van der Waals surface area contributed by atoms with Crippen molar-refractivity contribution in [1.82, 2.24) is 0 Å². The summed E-state index contributed by atoms with van der Waals surface area (Å²) in [7, 11) is 0. The van der Waals surface area contributed by atoms with Gasteiger partial charge < -0.3 is 9.84 Å². The van der Waals surface area contributed by atoms with Crippen LogP contribution in [0.4, 0.5) is 5.69 Å². The van der Waals surface area contributed by atoms with Gasteiger partial charge in [-0.05, 0) is 24.6 Å². The van der Waals surface area contributed by atoms with Crippen LogP contribution in [-0.2, 0) is 9.53 Å². The fourth-order valence-electron chi connectivity index (χ4n) is 1.63. The average Bonchev–Trinajstić information content (AvgIpc) is 2.57. The Kier molecular flexibility index (Phi) is 2.55. The molecule has 0 bridgehead atoms. The van der Waals surface area contributed by atoms with Crippen LogP contribution in [0.1, 0.15) is 18.6 Å². The lowest BCUT2D eigenvalue weighted by atomic mass is 10.0. The van der Waals surface area contributed by atoms with Crippen LogP contribution in [0.5, 0.6) is 0 Å². The summed E-state index contributed by atoms with van der Waals surface area (Å²) in [5.41, 5.74) is 0.957. The van der Waals surface area contributed by atoms with Gasteiger partial charge in [-0.2, -0.15) is 0 Å². The number of nitrogens with zero attached hydrogens (tertiary/aromatic N) is 1. The molecule has 0 radical (unpaired) electrons. The molecule has 1 aromatic carbocycles. The molecule has 17 heavy (non-hydrogen) atoms. The molecule has 88 valence electrons. The van der Waals surface area contributed by atoms with E-state index in [0.29, 0.717) is 11.1 Å². The number of aliphatic hydroxyl groups is 1. The maximum absolute atomic E-state index is 11.1. The molecule has 0 amide bonds. The molecule has 1 aliphatic heterocycles. The summed E-state index contributed by atoms with van der Waals surface area (Å²) >= 11 is 0. The summed E-state index contributed by atoms with van der Waals surface area (Å²) in [5, 5.41) is 19.8. The van der Waals surface area contributed by atoms with Crippen LogP contribution in [0, 0.1) is 10.1 Å². The first-order valence-corrected chi connectivity index (χ1v) is 4.86. The molecule has 2 rings (SSSR count). The van der Waals surface area contributed by atoms with E-state index < -0.39 is 22.8 Å². The molecule has 0 aromatic heterocycles. The minimum Gasteiger partial charge on any atom is -0.502 e. The molecule has 6 heteroatoms. The third kappa shape index (κ3) is 1.84. The second-order valence-electron chi connectivity index (χ2n) is 3.67. The molecule has 0 fully saturated rings. The van der Waals surface area contributed by atoms with Gasteiger partial charge in [0.25, 0.3) is 5.69 Å². The third-order valence-corrected chi connectivity index (χ3v) is 2.59. The van der Waals surface area contributed by atoms with Crippen molar-refractivity contribution in [3.63, 3.8) is 0 Å². The van der Waals surface area contributed by atoms with Crippen molar-refractivity contribution in [2.75, 3.05) is 0 Å². The molecule has 1 aliphatic rings. The summed E-state index contributed by atoms with van der Waals surface area (Å²) in [6.45, 7) is 1.58. The summed E-state index contributed by atoms with van der Waals surface area (Å²) < 4.78 is 4.94. The van der Waals surface area contributed by atoms with Crippen molar-refractivity contribution in [2.24, 2.45) is 0 Å². The first-order chi connectivity index (χ1) is 8.00. The van der Waals surface area contributed by atoms with Crippen LogP contribution in [0.2, 0.25) is 0 Å². The topological polar surface area (TPSA) is 89.7 Å². The number of carbonyl (C=O) groups is 1. The van der Waals surface area contributed by atoms with Gasteiger partial charge in [-0.1, -0.05) is 0 Å². The summed E-state index contributed by atoms with van der Waals surface area (Å²) in [6, 6.07) is 5.65. The molecule has 1 heterocycles. The minimum absolute atomic E-state index is 0.0380. The van der Waals surface area contributed by atoms with Crippen molar-refractivity contribution in [1.29, 1.82) is 0 Å². The lowest BCUT2D eigenvalue weighted by Crippen LogP contribution is -2.02. The maximum Gasteiger partial charge on any atom is 0.374 e. The van der Waals surface area contributed by atoms with Crippen molar-refractivity contribution in [2.45, 2.75) is 13.0 Å². The fraction of sp³-hybridized carbons (Fsp3) is 0.182. The number of hydrogen-bond donors (Lipinski definition) is 1. The van der Waals surface area contributed by atoms with E-state index in [4.69, 9.17) is 4.74 Å². The zero-order valence-corrected chi connectivity index (χ0v) is 8.91. The van der Waals surface area contributed by atoms with Crippen LogP contribution < -0.4 is 0 Å². The molecule has 0 aliphatic carbocycles. The Balaban J connectivity index is 2.31. The highest BCUT2D eigenvalue weighted by molar-refractivity contribution is 5.89. The first kappa shape index (κ1) is 11.1. The van der Waals surface area contributed by atoms with Crippen molar-refractivity contribution < 1.29 is 19.6 Å². The molecule has 0 unspecified atom stereocenters. The minimum atomic E-state index is -0.772. The van der Waals surface area contributed by atoms with Gasteiger partial charge in [0.1, 0.15) is 0 Å². The van der Waals surface area contributed by atoms with Gasteiger partial charge in [0.05, 0.1) is 4.92 Å². The number of rotatable bonds is 2. The van der Waals surface area contributed by atoms with E-state index in [9.17, 15) is 20.0 Å². The highest BCUT2D eigenvalue weighted by Crippen LogP contribution is 2.34. The Morgan fingerprint density at radius 2 is 1.94 bits per heavy atom. The summed E-state index contributed by atoms with van der Waals surface area (Å²) in [4.78, 5) is 21.1. The van der Waals surface area contributed by atoms with Gasteiger partial charge in [0, 0.05) is 17.7 Å². The third-order valence-electron chi connectivity index (χ3n) is 2.59. The lowest BCUT2D eigenvalue weighted by molar-refractivity contribution is -0.384. The number of carbonyl (C=O) groups excluding carboxylic acids is 1. The number of benzene rings is 1. The predicted molar refractivity (Wildman–Crippen MR) is 57.3 cm³/mol. The second kappa shape index (κ2) is 3.89. The molecule has 0 saturated heterocycles. The second-order valence-corrected chi connectivity index (χ2v) is 3.67. The number of cyclic esters (lactones) is 1. The van der Waals surface area contributed by atoms with E-state index in [1.807, 2.05) is 0 Å². The highest BCUT2D eigenvalue weighted by Gasteiger charge is 2.32. The van der Waals surface area contributed by atoms with Gasteiger partial charge in [0.15, 0.2) is 6.10 Å². The molecular formula is C11H9NO5. The van der Waals surface area contributed by atoms with E-state index >= 15 is 0 Å². The maximum atomic E-state index is 11.1. The van der Waals surface area contributed by atoms with E-state index in [2.05, 4.69) is 0 Å². The molecule has 1 atom stereocenters. The van der Waals surface area contributed by atoms with Gasteiger partial charge in [-0.3, -0.25) is 10.1 Å². The molecule has 0 saturated carbocycles. The standard InChI is InChI=1S/C11H9NO5/c1-6-9(13)11(14)17-10(6)7-2-4-8(5-3-7)12(15)16/h2-5,10,13H,1H3/t10-/m1/s1. The average molecular weight is 235 g/mol. The van der Waals surface area contributed by atoms with Gasteiger partial charge >= 0.3 is 5.97 Å². The zero-order chi connectivity index (χ0) is 12.6. The van der Waals surface area contributed by atoms with E-state index in [1.165, 1.54) is 24.3 Å². The van der Waals surface area contributed by atoms with Crippen LogP contribution in [0.3, 0.4) is 0 Å². The molecule has 6 nitrogen and oxygen atoms in total.